The highest BCUT2D eigenvalue weighted by Gasteiger charge is 2.12. The molecule has 0 amide bonds. The average Bonchev–Trinajstić information content (AvgIpc) is 2.84. The van der Waals surface area contributed by atoms with Crippen LogP contribution in [0.1, 0.15) is 11.1 Å². The van der Waals surface area contributed by atoms with Crippen LogP contribution < -0.4 is 14.8 Å². The van der Waals surface area contributed by atoms with Gasteiger partial charge in [0.25, 0.3) is 0 Å². The highest BCUT2D eigenvalue weighted by atomic mass is 32.2. The van der Waals surface area contributed by atoms with Gasteiger partial charge in [0, 0.05) is 23.9 Å². The molecular weight excluding hydrogens is 436 g/mol. The first-order valence-corrected chi connectivity index (χ1v) is 12.0. The zero-order chi connectivity index (χ0) is 23.1. The fourth-order valence-corrected chi connectivity index (χ4v) is 4.49. The molecule has 3 aromatic carbocycles. The number of rotatable bonds is 9. The lowest BCUT2D eigenvalue weighted by Gasteiger charge is -2.11. The fourth-order valence-electron chi connectivity index (χ4n) is 3.37. The van der Waals surface area contributed by atoms with E-state index in [2.05, 4.69) is 20.0 Å². The van der Waals surface area contributed by atoms with Crippen molar-refractivity contribution in [1.82, 2.24) is 14.7 Å². The SMILES string of the molecule is COc1ccccc1-c1cc(Nc2cccc(CNS(=O)(=O)Cc3ccccc3)c2)ncn1. The van der Waals surface area contributed by atoms with Gasteiger partial charge in [0.1, 0.15) is 17.9 Å². The Hall–Kier alpha value is -3.75. The number of hydrogen-bond acceptors (Lipinski definition) is 6. The predicted octanol–water partition coefficient (Wildman–Crippen LogP) is 4.52. The van der Waals surface area contributed by atoms with Gasteiger partial charge in [-0.3, -0.25) is 0 Å². The highest BCUT2D eigenvalue weighted by Crippen LogP contribution is 2.29. The molecule has 7 nitrogen and oxygen atoms in total. The normalized spacial score (nSPS) is 11.2. The van der Waals surface area contributed by atoms with Crippen molar-refractivity contribution in [3.63, 3.8) is 0 Å². The van der Waals surface area contributed by atoms with E-state index >= 15 is 0 Å². The lowest BCUT2D eigenvalue weighted by molar-refractivity contribution is 0.416. The first kappa shape index (κ1) is 22.4. The Kier molecular flexibility index (Phi) is 6.97. The monoisotopic (exact) mass is 460 g/mol. The molecule has 0 spiro atoms. The molecule has 0 atom stereocenters. The van der Waals surface area contributed by atoms with Gasteiger partial charge in [0.05, 0.1) is 18.6 Å². The van der Waals surface area contributed by atoms with Crippen molar-refractivity contribution in [2.75, 3.05) is 12.4 Å². The van der Waals surface area contributed by atoms with Gasteiger partial charge in [-0.15, -0.1) is 0 Å². The molecule has 33 heavy (non-hydrogen) atoms. The fraction of sp³-hybridized carbons (Fsp3) is 0.120. The van der Waals surface area contributed by atoms with E-state index in [1.165, 1.54) is 6.33 Å². The van der Waals surface area contributed by atoms with E-state index in [1.807, 2.05) is 72.8 Å². The van der Waals surface area contributed by atoms with Crippen LogP contribution in [-0.2, 0) is 22.3 Å². The van der Waals surface area contributed by atoms with Crippen LogP contribution in [0.5, 0.6) is 5.75 Å². The maximum atomic E-state index is 12.4. The first-order valence-electron chi connectivity index (χ1n) is 10.3. The Bertz CT molecular complexity index is 1330. The number of hydrogen-bond donors (Lipinski definition) is 2. The molecule has 0 radical (unpaired) electrons. The third-order valence-corrected chi connectivity index (χ3v) is 6.24. The molecule has 0 saturated heterocycles. The second-order valence-corrected chi connectivity index (χ2v) is 9.19. The number of anilines is 2. The zero-order valence-corrected chi connectivity index (χ0v) is 18.9. The Balaban J connectivity index is 1.44. The van der Waals surface area contributed by atoms with Crippen molar-refractivity contribution in [2.24, 2.45) is 0 Å². The lowest BCUT2D eigenvalue weighted by atomic mass is 10.1. The standard InChI is InChI=1S/C25H24N4O3S/c1-32-24-13-6-5-12-22(24)23-15-25(27-18-26-23)29-21-11-7-10-20(14-21)16-28-33(30,31)17-19-8-3-2-4-9-19/h2-15,18,28H,16-17H2,1H3,(H,26,27,29). The van der Waals surface area contributed by atoms with Gasteiger partial charge in [-0.2, -0.15) is 0 Å². The molecule has 0 aliphatic rings. The number of nitrogens with one attached hydrogen (secondary N) is 2. The van der Waals surface area contributed by atoms with Crippen LogP contribution >= 0.6 is 0 Å². The summed E-state index contributed by atoms with van der Waals surface area (Å²) in [5, 5.41) is 3.26. The molecule has 1 heterocycles. The van der Waals surface area contributed by atoms with Crippen LogP contribution in [0, 0.1) is 0 Å². The molecule has 0 fully saturated rings. The van der Waals surface area contributed by atoms with Crippen molar-refractivity contribution >= 4 is 21.5 Å². The molecule has 0 aliphatic carbocycles. The molecule has 0 saturated carbocycles. The van der Waals surface area contributed by atoms with E-state index in [4.69, 9.17) is 4.74 Å². The van der Waals surface area contributed by atoms with E-state index in [9.17, 15) is 8.42 Å². The topological polar surface area (TPSA) is 93.2 Å². The van der Waals surface area contributed by atoms with Crippen molar-refractivity contribution in [2.45, 2.75) is 12.3 Å². The van der Waals surface area contributed by atoms with Crippen LogP contribution in [0.15, 0.2) is 91.3 Å². The third kappa shape index (κ3) is 6.15. The lowest BCUT2D eigenvalue weighted by Crippen LogP contribution is -2.24. The number of aromatic nitrogens is 2. The van der Waals surface area contributed by atoms with E-state index in [0.29, 0.717) is 5.82 Å². The van der Waals surface area contributed by atoms with Gasteiger partial charge in [-0.1, -0.05) is 54.6 Å². The highest BCUT2D eigenvalue weighted by molar-refractivity contribution is 7.88. The summed E-state index contributed by atoms with van der Waals surface area (Å²) in [7, 11) is -1.83. The average molecular weight is 461 g/mol. The van der Waals surface area contributed by atoms with Gasteiger partial charge in [0.2, 0.25) is 10.0 Å². The van der Waals surface area contributed by atoms with Gasteiger partial charge < -0.3 is 10.1 Å². The van der Waals surface area contributed by atoms with Gasteiger partial charge in [0.15, 0.2) is 0 Å². The molecule has 0 aliphatic heterocycles. The molecule has 8 heteroatoms. The Labute approximate surface area is 193 Å². The second-order valence-electron chi connectivity index (χ2n) is 7.38. The molecule has 4 rings (SSSR count). The van der Waals surface area contributed by atoms with E-state index < -0.39 is 10.0 Å². The van der Waals surface area contributed by atoms with Gasteiger partial charge >= 0.3 is 0 Å². The van der Waals surface area contributed by atoms with Crippen LogP contribution in [0.2, 0.25) is 0 Å². The first-order chi connectivity index (χ1) is 16.0. The van der Waals surface area contributed by atoms with Gasteiger partial charge in [-0.25, -0.2) is 23.1 Å². The summed E-state index contributed by atoms with van der Waals surface area (Å²) in [6.45, 7) is 0.195. The minimum atomic E-state index is -3.45. The van der Waals surface area contributed by atoms with Crippen LogP contribution in [-0.4, -0.2) is 25.5 Å². The summed E-state index contributed by atoms with van der Waals surface area (Å²) in [6, 6.07) is 26.1. The maximum absolute atomic E-state index is 12.4. The van der Waals surface area contributed by atoms with E-state index in [1.54, 1.807) is 19.2 Å². The van der Waals surface area contributed by atoms with E-state index in [-0.39, 0.29) is 12.3 Å². The number of benzene rings is 3. The molecule has 2 N–H and O–H groups in total. The number of nitrogens with zero attached hydrogens (tertiary/aromatic N) is 2. The number of sulfonamides is 1. The summed E-state index contributed by atoms with van der Waals surface area (Å²) >= 11 is 0. The van der Waals surface area contributed by atoms with Crippen molar-refractivity contribution < 1.29 is 13.2 Å². The van der Waals surface area contributed by atoms with Crippen molar-refractivity contribution in [1.29, 1.82) is 0 Å². The summed E-state index contributed by atoms with van der Waals surface area (Å²) in [4.78, 5) is 8.66. The maximum Gasteiger partial charge on any atom is 0.216 e. The molecule has 4 aromatic rings. The minimum absolute atomic E-state index is 0.0571. The quantitative estimate of drug-likeness (QED) is 0.382. The smallest absolute Gasteiger partial charge is 0.216 e. The Morgan fingerprint density at radius 3 is 2.42 bits per heavy atom. The number of ether oxygens (including phenoxy) is 1. The molecule has 0 bridgehead atoms. The second kappa shape index (κ2) is 10.2. The summed E-state index contributed by atoms with van der Waals surface area (Å²) in [5.74, 6) is 1.29. The molecule has 168 valence electrons. The van der Waals surface area contributed by atoms with Gasteiger partial charge in [-0.05, 0) is 35.4 Å². The number of para-hydroxylation sites is 1. The summed E-state index contributed by atoms with van der Waals surface area (Å²) in [6.07, 6.45) is 1.49. The van der Waals surface area contributed by atoms with Crippen LogP contribution in [0.3, 0.4) is 0 Å². The minimum Gasteiger partial charge on any atom is -0.496 e. The van der Waals surface area contributed by atoms with Crippen LogP contribution in [0.25, 0.3) is 11.3 Å². The largest absolute Gasteiger partial charge is 0.496 e. The van der Waals surface area contributed by atoms with E-state index in [0.717, 1.165) is 33.8 Å². The Morgan fingerprint density at radius 2 is 1.61 bits per heavy atom. The molecule has 0 unspecified atom stereocenters. The Morgan fingerprint density at radius 1 is 0.848 bits per heavy atom. The van der Waals surface area contributed by atoms with Crippen LogP contribution in [0.4, 0.5) is 11.5 Å². The molecule has 1 aromatic heterocycles. The number of methoxy groups -OCH3 is 1. The third-order valence-electron chi connectivity index (χ3n) is 4.95. The molecular formula is C25H24N4O3S. The zero-order valence-electron chi connectivity index (χ0n) is 18.1. The van der Waals surface area contributed by atoms with Crippen molar-refractivity contribution in [3.05, 3.63) is 102 Å². The summed E-state index contributed by atoms with van der Waals surface area (Å²) < 4.78 is 32.9. The van der Waals surface area contributed by atoms with Crippen molar-refractivity contribution in [3.8, 4) is 17.0 Å². The predicted molar refractivity (Wildman–Crippen MR) is 130 cm³/mol. The summed E-state index contributed by atoms with van der Waals surface area (Å²) in [5.41, 5.74) is 3.96.